The summed E-state index contributed by atoms with van der Waals surface area (Å²) in [5.74, 6) is 0. The van der Waals surface area contributed by atoms with Crippen LogP contribution in [0.5, 0.6) is 0 Å². The Bertz CT molecular complexity index is 485. The van der Waals surface area contributed by atoms with E-state index < -0.39 is 0 Å². The van der Waals surface area contributed by atoms with Gasteiger partial charge in [-0.2, -0.15) is 0 Å². The van der Waals surface area contributed by atoms with Gasteiger partial charge in [-0.1, -0.05) is 28.1 Å². The van der Waals surface area contributed by atoms with Crippen molar-refractivity contribution in [2.24, 2.45) is 5.73 Å². The Balaban J connectivity index is 2.42. The van der Waals surface area contributed by atoms with Crippen molar-refractivity contribution < 1.29 is 0 Å². The third-order valence-electron chi connectivity index (χ3n) is 2.58. The maximum Gasteiger partial charge on any atom is 0.115 e. The molecule has 0 aliphatic rings. The van der Waals surface area contributed by atoms with E-state index in [0.717, 1.165) is 21.2 Å². The highest BCUT2D eigenvalue weighted by atomic mass is 79.9. The molecule has 0 spiro atoms. The van der Waals surface area contributed by atoms with Crippen LogP contribution in [0.2, 0.25) is 0 Å². The summed E-state index contributed by atoms with van der Waals surface area (Å²) in [6, 6.07) is 5.83. The van der Waals surface area contributed by atoms with Gasteiger partial charge >= 0.3 is 0 Å². The van der Waals surface area contributed by atoms with Crippen LogP contribution in [-0.4, -0.2) is 9.97 Å². The summed E-state index contributed by atoms with van der Waals surface area (Å²) < 4.78 is 1.07. The van der Waals surface area contributed by atoms with E-state index in [0.29, 0.717) is 0 Å². The lowest BCUT2D eigenvalue weighted by molar-refractivity contribution is 0.841. The summed E-state index contributed by atoms with van der Waals surface area (Å²) >= 11 is 3.50. The monoisotopic (exact) mass is 277 g/mol. The predicted molar refractivity (Wildman–Crippen MR) is 66.9 cm³/mol. The minimum absolute atomic E-state index is 0.182. The van der Waals surface area contributed by atoms with Gasteiger partial charge in [0.2, 0.25) is 0 Å². The molecule has 1 aromatic heterocycles. The molecule has 1 unspecified atom stereocenters. The maximum atomic E-state index is 6.19. The van der Waals surface area contributed by atoms with Crippen LogP contribution < -0.4 is 5.73 Å². The smallest absolute Gasteiger partial charge is 0.115 e. The van der Waals surface area contributed by atoms with Gasteiger partial charge in [0, 0.05) is 22.4 Å². The topological polar surface area (TPSA) is 51.8 Å². The normalized spacial score (nSPS) is 12.4. The fourth-order valence-electron chi connectivity index (χ4n) is 1.61. The summed E-state index contributed by atoms with van der Waals surface area (Å²) in [6.45, 7) is 2.04. The highest BCUT2D eigenvalue weighted by molar-refractivity contribution is 9.10. The van der Waals surface area contributed by atoms with Crippen LogP contribution >= 0.6 is 15.9 Å². The Morgan fingerprint density at radius 3 is 2.62 bits per heavy atom. The largest absolute Gasteiger partial charge is 0.320 e. The average molecular weight is 278 g/mol. The predicted octanol–water partition coefficient (Wildman–Crippen LogP) is 2.60. The zero-order valence-corrected chi connectivity index (χ0v) is 10.5. The van der Waals surface area contributed by atoms with E-state index in [1.807, 2.05) is 25.1 Å². The Labute approximate surface area is 103 Å². The van der Waals surface area contributed by atoms with Crippen molar-refractivity contribution in [3.05, 3.63) is 58.1 Å². The Morgan fingerprint density at radius 1 is 1.25 bits per heavy atom. The molecule has 0 fully saturated rings. The second-order valence-corrected chi connectivity index (χ2v) is 4.46. The van der Waals surface area contributed by atoms with Crippen LogP contribution in [0, 0.1) is 6.92 Å². The fraction of sp³-hybridized carbons (Fsp3) is 0.167. The van der Waals surface area contributed by atoms with Gasteiger partial charge in [-0.3, -0.25) is 0 Å². The molecule has 16 heavy (non-hydrogen) atoms. The lowest BCUT2D eigenvalue weighted by atomic mass is 9.98. The first-order valence-corrected chi connectivity index (χ1v) is 5.75. The standard InChI is InChI=1S/C12H12BrN3/c1-8-10(3-2-4-11(8)13)12(14)9-5-15-7-16-6-9/h2-7,12H,14H2,1H3. The molecule has 1 atom stereocenters. The molecule has 0 aliphatic carbocycles. The van der Waals surface area contributed by atoms with Crippen molar-refractivity contribution in [3.63, 3.8) is 0 Å². The molecule has 2 aromatic rings. The lowest BCUT2D eigenvalue weighted by Gasteiger charge is -2.15. The van der Waals surface area contributed by atoms with Gasteiger partial charge in [0.15, 0.2) is 0 Å². The quantitative estimate of drug-likeness (QED) is 0.918. The number of nitrogens with zero attached hydrogens (tertiary/aromatic N) is 2. The van der Waals surface area contributed by atoms with Crippen molar-refractivity contribution in [1.29, 1.82) is 0 Å². The molecule has 4 heteroatoms. The van der Waals surface area contributed by atoms with Gasteiger partial charge in [-0.05, 0) is 24.1 Å². The molecule has 2 N–H and O–H groups in total. The Hall–Kier alpha value is -1.26. The third-order valence-corrected chi connectivity index (χ3v) is 3.44. The van der Waals surface area contributed by atoms with Crippen LogP contribution in [0.4, 0.5) is 0 Å². The van der Waals surface area contributed by atoms with E-state index in [9.17, 15) is 0 Å². The summed E-state index contributed by atoms with van der Waals surface area (Å²) in [5, 5.41) is 0. The van der Waals surface area contributed by atoms with E-state index >= 15 is 0 Å². The molecule has 0 aliphatic heterocycles. The molecule has 82 valence electrons. The minimum atomic E-state index is -0.182. The molecule has 3 nitrogen and oxygen atoms in total. The average Bonchev–Trinajstić information content (AvgIpc) is 2.33. The molecule has 1 aromatic carbocycles. The molecular formula is C12H12BrN3. The van der Waals surface area contributed by atoms with Crippen molar-refractivity contribution >= 4 is 15.9 Å². The van der Waals surface area contributed by atoms with E-state index in [-0.39, 0.29) is 6.04 Å². The van der Waals surface area contributed by atoms with Crippen molar-refractivity contribution in [3.8, 4) is 0 Å². The number of benzene rings is 1. The number of halogens is 1. The molecule has 0 bridgehead atoms. The van der Waals surface area contributed by atoms with E-state index in [1.54, 1.807) is 12.4 Å². The number of hydrogen-bond donors (Lipinski definition) is 1. The highest BCUT2D eigenvalue weighted by Gasteiger charge is 2.12. The van der Waals surface area contributed by atoms with Gasteiger partial charge in [0.25, 0.3) is 0 Å². The second kappa shape index (κ2) is 4.72. The SMILES string of the molecule is Cc1c(Br)cccc1C(N)c1cncnc1. The summed E-state index contributed by atoms with van der Waals surface area (Å²) in [6.07, 6.45) is 5.00. The van der Waals surface area contributed by atoms with Gasteiger partial charge in [0.05, 0.1) is 6.04 Å². The van der Waals surface area contributed by atoms with Crippen LogP contribution in [-0.2, 0) is 0 Å². The minimum Gasteiger partial charge on any atom is -0.320 e. The summed E-state index contributed by atoms with van der Waals surface area (Å²) in [7, 11) is 0. The van der Waals surface area contributed by atoms with Gasteiger partial charge in [-0.25, -0.2) is 9.97 Å². The zero-order chi connectivity index (χ0) is 11.5. The van der Waals surface area contributed by atoms with E-state index in [4.69, 9.17) is 5.73 Å². The molecule has 2 rings (SSSR count). The lowest BCUT2D eigenvalue weighted by Crippen LogP contribution is -2.13. The van der Waals surface area contributed by atoms with Crippen molar-refractivity contribution in [2.75, 3.05) is 0 Å². The first-order valence-electron chi connectivity index (χ1n) is 4.95. The number of hydrogen-bond acceptors (Lipinski definition) is 3. The van der Waals surface area contributed by atoms with Crippen LogP contribution in [0.25, 0.3) is 0 Å². The van der Waals surface area contributed by atoms with Gasteiger partial charge in [-0.15, -0.1) is 0 Å². The highest BCUT2D eigenvalue weighted by Crippen LogP contribution is 2.26. The van der Waals surface area contributed by atoms with E-state index in [2.05, 4.69) is 25.9 Å². The molecule has 1 heterocycles. The van der Waals surface area contributed by atoms with Gasteiger partial charge < -0.3 is 5.73 Å². The number of rotatable bonds is 2. The van der Waals surface area contributed by atoms with Crippen molar-refractivity contribution in [2.45, 2.75) is 13.0 Å². The van der Waals surface area contributed by atoms with Crippen LogP contribution in [0.15, 0.2) is 41.4 Å². The number of aromatic nitrogens is 2. The zero-order valence-electron chi connectivity index (χ0n) is 8.89. The van der Waals surface area contributed by atoms with Crippen LogP contribution in [0.1, 0.15) is 22.7 Å². The van der Waals surface area contributed by atoms with Gasteiger partial charge in [0.1, 0.15) is 6.33 Å². The van der Waals surface area contributed by atoms with Crippen LogP contribution in [0.3, 0.4) is 0 Å². The number of nitrogens with two attached hydrogens (primary N) is 1. The molecule has 0 amide bonds. The maximum absolute atomic E-state index is 6.19. The molecule has 0 saturated carbocycles. The fourth-order valence-corrected chi connectivity index (χ4v) is 1.99. The first kappa shape index (κ1) is 11.2. The second-order valence-electron chi connectivity index (χ2n) is 3.60. The summed E-state index contributed by atoms with van der Waals surface area (Å²) in [4.78, 5) is 7.96. The summed E-state index contributed by atoms with van der Waals surface area (Å²) in [5.41, 5.74) is 9.34. The molecule has 0 radical (unpaired) electrons. The van der Waals surface area contributed by atoms with E-state index in [1.165, 1.54) is 6.33 Å². The Morgan fingerprint density at radius 2 is 1.94 bits per heavy atom. The first-order chi connectivity index (χ1) is 7.70. The molecule has 0 saturated heterocycles. The molecular weight excluding hydrogens is 266 g/mol. The Kier molecular flexibility index (Phi) is 3.31. The third kappa shape index (κ3) is 2.13. The van der Waals surface area contributed by atoms with Crippen molar-refractivity contribution in [1.82, 2.24) is 9.97 Å².